The van der Waals surface area contributed by atoms with Crippen LogP contribution in [0.5, 0.6) is 0 Å². The van der Waals surface area contributed by atoms with Gasteiger partial charge in [0.2, 0.25) is 11.9 Å². The predicted molar refractivity (Wildman–Crippen MR) is 224 cm³/mol. The minimum atomic E-state index is -0.663. The highest BCUT2D eigenvalue weighted by Crippen LogP contribution is 2.37. The SMILES string of the molecule is Cc1cc2ncnn2cc1Nc1ncc2c(n1)n(C1CCC(C)(O)CC1)c(=O)n2C.Cc1cc2ncnn2cc1Nc1ncc2c(n1)n(C1CCC(C)(O)CC1)c(=O)n2C. The molecule has 60 heavy (non-hydrogen) atoms. The van der Waals surface area contributed by atoms with Crippen LogP contribution in [-0.2, 0) is 14.1 Å². The normalized spacial score (nSPS) is 22.1. The summed E-state index contributed by atoms with van der Waals surface area (Å²) in [5, 5.41) is 35.4. The zero-order valence-corrected chi connectivity index (χ0v) is 34.4. The average molecular weight is 817 g/mol. The van der Waals surface area contributed by atoms with Gasteiger partial charge in [0, 0.05) is 26.2 Å². The maximum atomic E-state index is 12.9. The highest BCUT2D eigenvalue weighted by Gasteiger charge is 2.33. The molecule has 8 aromatic rings. The first-order chi connectivity index (χ1) is 28.6. The van der Waals surface area contributed by atoms with Crippen molar-refractivity contribution in [1.29, 1.82) is 0 Å². The summed E-state index contributed by atoms with van der Waals surface area (Å²) in [6.45, 7) is 7.66. The van der Waals surface area contributed by atoms with Crippen LogP contribution in [0.2, 0.25) is 0 Å². The standard InChI is InChI=1S/2C20H24N8O2/c2*1-12-8-16-22-11-23-27(16)10-14(12)24-18-21-9-15-17(25-18)28(19(29)26(15)3)13-4-6-20(2,30)7-5-13/h2*8-11,13,30H,4-7H2,1-3H3,(H,21,24,25). The second kappa shape index (κ2) is 14.6. The van der Waals surface area contributed by atoms with Crippen LogP contribution in [0.25, 0.3) is 33.6 Å². The van der Waals surface area contributed by atoms with Gasteiger partial charge in [-0.05, 0) is 102 Å². The molecular weight excluding hydrogens is 769 g/mol. The predicted octanol–water partition coefficient (Wildman–Crippen LogP) is 4.18. The van der Waals surface area contributed by atoms with Crippen molar-refractivity contribution in [1.82, 2.24) is 67.4 Å². The summed E-state index contributed by atoms with van der Waals surface area (Å²) < 4.78 is 10.0. The molecule has 8 aromatic heterocycles. The van der Waals surface area contributed by atoms with Crippen molar-refractivity contribution in [2.45, 2.75) is 102 Å². The second-order valence-electron chi connectivity index (χ2n) is 16.8. The Labute approximate surface area is 342 Å². The van der Waals surface area contributed by atoms with Gasteiger partial charge in [0.15, 0.2) is 22.6 Å². The van der Waals surface area contributed by atoms with Gasteiger partial charge < -0.3 is 20.8 Å². The van der Waals surface area contributed by atoms with E-state index in [4.69, 9.17) is 0 Å². The number of aliphatic hydroxyl groups is 2. The highest BCUT2D eigenvalue weighted by molar-refractivity contribution is 5.74. The van der Waals surface area contributed by atoms with Gasteiger partial charge in [0.25, 0.3) is 0 Å². The number of anilines is 4. The van der Waals surface area contributed by atoms with Crippen molar-refractivity contribution in [2.24, 2.45) is 14.1 Å². The van der Waals surface area contributed by atoms with Crippen LogP contribution >= 0.6 is 0 Å². The Hall–Kier alpha value is -6.54. The number of fused-ring (bicyclic) bond motifs is 4. The summed E-state index contributed by atoms with van der Waals surface area (Å²) >= 11 is 0. The summed E-state index contributed by atoms with van der Waals surface area (Å²) in [7, 11) is 3.47. The van der Waals surface area contributed by atoms with E-state index in [2.05, 4.69) is 50.7 Å². The molecule has 0 spiro atoms. The maximum absolute atomic E-state index is 12.9. The van der Waals surface area contributed by atoms with Gasteiger partial charge in [-0.15, -0.1) is 0 Å². The molecule has 20 heteroatoms. The number of imidazole rings is 2. The molecule has 8 heterocycles. The Kier molecular flexibility index (Phi) is 9.49. The molecule has 2 saturated carbocycles. The molecule has 0 atom stereocenters. The Morgan fingerprint density at radius 3 is 1.40 bits per heavy atom. The van der Waals surface area contributed by atoms with Crippen molar-refractivity contribution in [2.75, 3.05) is 10.6 Å². The molecule has 0 bridgehead atoms. The average Bonchev–Trinajstić information content (AvgIpc) is 3.98. The molecule has 10 rings (SSSR count). The lowest BCUT2D eigenvalue weighted by Gasteiger charge is -2.33. The number of rotatable bonds is 6. The molecule has 0 aliphatic heterocycles. The number of nitrogens with zero attached hydrogens (tertiary/aromatic N) is 14. The van der Waals surface area contributed by atoms with Crippen LogP contribution in [0.3, 0.4) is 0 Å². The zero-order chi connectivity index (χ0) is 42.1. The first kappa shape index (κ1) is 38.9. The van der Waals surface area contributed by atoms with Crippen LogP contribution in [-0.4, -0.2) is 88.8 Å². The van der Waals surface area contributed by atoms with Gasteiger partial charge in [-0.3, -0.25) is 18.3 Å². The van der Waals surface area contributed by atoms with Crippen molar-refractivity contribution in [3.63, 3.8) is 0 Å². The van der Waals surface area contributed by atoms with Crippen LogP contribution in [0, 0.1) is 13.8 Å². The minimum absolute atomic E-state index is 0.0115. The van der Waals surface area contributed by atoms with E-state index >= 15 is 0 Å². The fourth-order valence-corrected chi connectivity index (χ4v) is 8.43. The van der Waals surface area contributed by atoms with Crippen molar-refractivity contribution >= 4 is 56.9 Å². The van der Waals surface area contributed by atoms with E-state index in [0.29, 0.717) is 59.9 Å². The topological polar surface area (TPSA) is 230 Å². The summed E-state index contributed by atoms with van der Waals surface area (Å²) in [6, 6.07) is 3.88. The van der Waals surface area contributed by atoms with E-state index in [9.17, 15) is 19.8 Å². The van der Waals surface area contributed by atoms with Gasteiger partial charge >= 0.3 is 11.4 Å². The molecule has 0 saturated heterocycles. The van der Waals surface area contributed by atoms with Gasteiger partial charge in [-0.2, -0.15) is 20.2 Å². The fraction of sp³-hybridized carbons (Fsp3) is 0.450. The Bertz CT molecular complexity index is 2820. The van der Waals surface area contributed by atoms with Crippen LogP contribution in [0.15, 0.2) is 59.2 Å². The van der Waals surface area contributed by atoms with Gasteiger partial charge in [-0.1, -0.05) is 0 Å². The molecule has 312 valence electrons. The molecule has 2 aliphatic rings. The molecule has 2 aliphatic carbocycles. The first-order valence-corrected chi connectivity index (χ1v) is 20.1. The van der Waals surface area contributed by atoms with Crippen molar-refractivity contribution in [3.8, 4) is 0 Å². The Morgan fingerprint density at radius 2 is 1.02 bits per heavy atom. The van der Waals surface area contributed by atoms with Crippen LogP contribution in [0.1, 0.15) is 88.4 Å². The molecule has 0 unspecified atom stereocenters. The van der Waals surface area contributed by atoms with Crippen molar-refractivity contribution < 1.29 is 10.2 Å². The minimum Gasteiger partial charge on any atom is -0.390 e. The largest absolute Gasteiger partial charge is 0.390 e. The summed E-state index contributed by atoms with van der Waals surface area (Å²) in [5.41, 5.74) is 6.16. The number of nitrogens with one attached hydrogen (secondary N) is 2. The number of hydrogen-bond acceptors (Lipinski definition) is 14. The molecule has 2 fully saturated rings. The maximum Gasteiger partial charge on any atom is 0.330 e. The van der Waals surface area contributed by atoms with Gasteiger partial charge in [0.1, 0.15) is 23.7 Å². The lowest BCUT2D eigenvalue weighted by atomic mass is 9.83. The van der Waals surface area contributed by atoms with Crippen molar-refractivity contribution in [3.05, 3.63) is 81.7 Å². The lowest BCUT2D eigenvalue weighted by molar-refractivity contribution is 0.00951. The Morgan fingerprint density at radius 1 is 0.633 bits per heavy atom. The smallest absolute Gasteiger partial charge is 0.330 e. The van der Waals surface area contributed by atoms with E-state index in [1.54, 1.807) is 53.8 Å². The molecule has 4 N–H and O–H groups in total. The summed E-state index contributed by atoms with van der Waals surface area (Å²) in [5.74, 6) is 0.819. The monoisotopic (exact) mass is 816 g/mol. The van der Waals surface area contributed by atoms with Gasteiger partial charge in [0.05, 0.1) is 47.4 Å². The first-order valence-electron chi connectivity index (χ1n) is 20.1. The summed E-state index contributed by atoms with van der Waals surface area (Å²) in [6.07, 6.45) is 15.6. The van der Waals surface area contributed by atoms with E-state index < -0.39 is 11.2 Å². The zero-order valence-electron chi connectivity index (χ0n) is 34.4. The highest BCUT2D eigenvalue weighted by atomic mass is 16.3. The molecule has 0 aromatic carbocycles. The summed E-state index contributed by atoms with van der Waals surface area (Å²) in [4.78, 5) is 52.5. The van der Waals surface area contributed by atoms with E-state index in [-0.39, 0.29) is 23.5 Å². The molecule has 0 amide bonds. The third kappa shape index (κ3) is 7.14. The molecule has 0 radical (unpaired) electrons. The molecular formula is C40H48N16O4. The number of aryl methyl sites for hydroxylation is 4. The third-order valence-corrected chi connectivity index (χ3v) is 12.2. The number of hydrogen-bond donors (Lipinski definition) is 4. The van der Waals surface area contributed by atoms with Crippen LogP contribution < -0.4 is 22.0 Å². The fourth-order valence-electron chi connectivity index (χ4n) is 8.43. The van der Waals surface area contributed by atoms with Gasteiger partial charge in [-0.25, -0.2) is 38.6 Å². The number of pyridine rings is 2. The lowest BCUT2D eigenvalue weighted by Crippen LogP contribution is -2.35. The van der Waals surface area contributed by atoms with E-state index in [1.807, 2.05) is 52.2 Å². The van der Waals surface area contributed by atoms with E-state index in [0.717, 1.165) is 59.5 Å². The molecule has 20 nitrogen and oxygen atoms in total. The second-order valence-corrected chi connectivity index (χ2v) is 16.8. The third-order valence-electron chi connectivity index (χ3n) is 12.2. The van der Waals surface area contributed by atoms with E-state index in [1.165, 1.54) is 12.7 Å². The van der Waals surface area contributed by atoms with Crippen LogP contribution in [0.4, 0.5) is 23.3 Å². The number of aromatic nitrogens is 14. The quantitative estimate of drug-likeness (QED) is 0.185. The Balaban J connectivity index is 0.000000154.